The third-order valence-electron chi connectivity index (χ3n) is 3.96. The van der Waals surface area contributed by atoms with E-state index in [0.29, 0.717) is 29.4 Å². The van der Waals surface area contributed by atoms with Crippen LogP contribution in [0.15, 0.2) is 29.7 Å². The van der Waals surface area contributed by atoms with E-state index in [1.54, 1.807) is 36.0 Å². The average Bonchev–Trinajstić information content (AvgIpc) is 3.18. The van der Waals surface area contributed by atoms with Gasteiger partial charge in [-0.25, -0.2) is 8.42 Å². The lowest BCUT2D eigenvalue weighted by Gasteiger charge is -2.18. The topological polar surface area (TPSA) is 85.2 Å². The number of hydrogen-bond acceptors (Lipinski definition) is 6. The molecule has 9 heteroatoms. The Morgan fingerprint density at radius 1 is 1.38 bits per heavy atom. The summed E-state index contributed by atoms with van der Waals surface area (Å²) in [5.41, 5.74) is 2.19. The van der Waals surface area contributed by atoms with Gasteiger partial charge >= 0.3 is 0 Å². The Balaban J connectivity index is 1.75. The predicted molar refractivity (Wildman–Crippen MR) is 93.0 cm³/mol. The number of anilines is 1. The molecule has 1 aliphatic rings. The minimum absolute atomic E-state index is 0.0115. The molecule has 2 heterocycles. The lowest BCUT2D eigenvalue weighted by Crippen LogP contribution is -2.30. The van der Waals surface area contributed by atoms with Crippen LogP contribution in [0.3, 0.4) is 0 Å². The summed E-state index contributed by atoms with van der Waals surface area (Å²) < 4.78 is 27.4. The van der Waals surface area contributed by atoms with Crippen molar-refractivity contribution in [3.05, 3.63) is 35.7 Å². The van der Waals surface area contributed by atoms with Gasteiger partial charge in [0.25, 0.3) is 0 Å². The maximum Gasteiger partial charge on any atom is 0.234 e. The van der Waals surface area contributed by atoms with E-state index in [1.165, 1.54) is 16.1 Å². The first-order chi connectivity index (χ1) is 11.4. The Morgan fingerprint density at radius 2 is 2.17 bits per heavy atom. The average molecular weight is 366 g/mol. The van der Waals surface area contributed by atoms with Crippen LogP contribution in [0.5, 0.6) is 0 Å². The Bertz CT molecular complexity index is 877. The van der Waals surface area contributed by atoms with Gasteiger partial charge in [0.05, 0.1) is 17.2 Å². The normalized spacial score (nSPS) is 14.0. The van der Waals surface area contributed by atoms with E-state index in [-0.39, 0.29) is 17.3 Å². The van der Waals surface area contributed by atoms with Crippen molar-refractivity contribution in [3.8, 4) is 0 Å². The van der Waals surface area contributed by atoms with Gasteiger partial charge in [-0.3, -0.25) is 9.10 Å². The molecule has 0 aliphatic carbocycles. The van der Waals surface area contributed by atoms with E-state index >= 15 is 0 Å². The van der Waals surface area contributed by atoms with Crippen molar-refractivity contribution in [2.24, 2.45) is 7.05 Å². The van der Waals surface area contributed by atoms with E-state index < -0.39 is 10.0 Å². The molecular formula is C15H18N4O3S2. The Kier molecular flexibility index (Phi) is 4.64. The van der Waals surface area contributed by atoms with Gasteiger partial charge in [-0.2, -0.15) is 0 Å². The number of aromatic nitrogens is 3. The third kappa shape index (κ3) is 3.18. The van der Waals surface area contributed by atoms with Gasteiger partial charge in [0, 0.05) is 19.2 Å². The number of carbonyl (C=O) groups excluding carboxylic acids is 1. The van der Waals surface area contributed by atoms with Gasteiger partial charge in [-0.15, -0.1) is 10.2 Å². The molecule has 0 spiro atoms. The summed E-state index contributed by atoms with van der Waals surface area (Å²) >= 11 is 1.33. The molecular weight excluding hydrogens is 348 g/mol. The predicted octanol–water partition coefficient (Wildman–Crippen LogP) is 1.50. The van der Waals surface area contributed by atoms with Crippen LogP contribution >= 0.6 is 11.8 Å². The van der Waals surface area contributed by atoms with Gasteiger partial charge < -0.3 is 4.57 Å². The number of carbonyl (C=O) groups is 1. The molecule has 0 N–H and O–H groups in total. The van der Waals surface area contributed by atoms with Crippen LogP contribution in [0.4, 0.5) is 5.69 Å². The highest BCUT2D eigenvalue weighted by atomic mass is 32.2. The fourth-order valence-electron chi connectivity index (χ4n) is 2.61. The number of fused-ring (bicyclic) bond motifs is 1. The molecule has 0 saturated carbocycles. The fraction of sp³-hybridized carbons (Fsp3) is 0.400. The molecule has 0 amide bonds. The molecule has 24 heavy (non-hydrogen) atoms. The van der Waals surface area contributed by atoms with Gasteiger partial charge in [0.15, 0.2) is 10.9 Å². The number of rotatable bonds is 6. The van der Waals surface area contributed by atoms with Gasteiger partial charge in [-0.05, 0) is 37.1 Å². The summed E-state index contributed by atoms with van der Waals surface area (Å²) in [7, 11) is -1.44. The van der Waals surface area contributed by atoms with Crippen LogP contribution in [0, 0.1) is 0 Å². The van der Waals surface area contributed by atoms with Crippen molar-refractivity contribution in [2.75, 3.05) is 22.4 Å². The highest BCUT2D eigenvalue weighted by Gasteiger charge is 2.28. The molecule has 0 fully saturated rings. The number of aryl methyl sites for hydroxylation is 1. The van der Waals surface area contributed by atoms with E-state index in [9.17, 15) is 13.2 Å². The molecule has 7 nitrogen and oxygen atoms in total. The number of thioether (sulfide) groups is 1. The molecule has 0 bridgehead atoms. The summed E-state index contributed by atoms with van der Waals surface area (Å²) in [5, 5.41) is 8.40. The first kappa shape index (κ1) is 17.0. The van der Waals surface area contributed by atoms with Crippen molar-refractivity contribution < 1.29 is 13.2 Å². The van der Waals surface area contributed by atoms with E-state index in [1.807, 2.05) is 7.05 Å². The first-order valence-electron chi connectivity index (χ1n) is 7.55. The zero-order valence-corrected chi connectivity index (χ0v) is 15.1. The monoisotopic (exact) mass is 366 g/mol. The minimum atomic E-state index is -3.26. The van der Waals surface area contributed by atoms with Crippen LogP contribution in [0.2, 0.25) is 0 Å². The van der Waals surface area contributed by atoms with Crippen LogP contribution in [0.25, 0.3) is 0 Å². The SMILES string of the molecule is CCS(=O)(=O)N1CCc2cc(C(=O)CSc3nncn3C)ccc21. The molecule has 2 aromatic rings. The lowest BCUT2D eigenvalue weighted by atomic mass is 10.1. The number of ketones is 1. The first-order valence-corrected chi connectivity index (χ1v) is 10.1. The van der Waals surface area contributed by atoms with Crippen molar-refractivity contribution in [2.45, 2.75) is 18.5 Å². The maximum absolute atomic E-state index is 12.4. The quantitative estimate of drug-likeness (QED) is 0.569. The standard InChI is InChI=1S/C15H18N4O3S2/c1-3-24(21,22)19-7-6-11-8-12(4-5-13(11)19)14(20)9-23-15-17-16-10-18(15)2/h4-5,8,10H,3,6-7,9H2,1-2H3. The number of Topliss-reactive ketones (excluding diaryl/α,β-unsaturated/α-hetero) is 1. The lowest BCUT2D eigenvalue weighted by molar-refractivity contribution is 0.102. The summed E-state index contributed by atoms with van der Waals surface area (Å²) in [4.78, 5) is 12.4. The number of sulfonamides is 1. The second-order valence-corrected chi connectivity index (χ2v) is 8.63. The van der Waals surface area contributed by atoms with E-state index in [2.05, 4.69) is 10.2 Å². The molecule has 0 saturated heterocycles. The zero-order valence-electron chi connectivity index (χ0n) is 13.5. The second-order valence-electron chi connectivity index (χ2n) is 5.50. The summed E-state index contributed by atoms with van der Waals surface area (Å²) in [6.45, 7) is 2.08. The van der Waals surface area contributed by atoms with Gasteiger partial charge in [0.2, 0.25) is 10.0 Å². The smallest absolute Gasteiger partial charge is 0.234 e. The molecule has 0 atom stereocenters. The molecule has 128 valence electrons. The van der Waals surface area contributed by atoms with Crippen LogP contribution in [0.1, 0.15) is 22.8 Å². The van der Waals surface area contributed by atoms with Crippen LogP contribution in [-0.4, -0.2) is 47.0 Å². The van der Waals surface area contributed by atoms with Crippen molar-refractivity contribution in [3.63, 3.8) is 0 Å². The summed E-state index contributed by atoms with van der Waals surface area (Å²) in [6, 6.07) is 5.23. The van der Waals surface area contributed by atoms with Gasteiger partial charge in [-0.1, -0.05) is 11.8 Å². The molecule has 1 aromatic heterocycles. The number of benzene rings is 1. The van der Waals surface area contributed by atoms with Gasteiger partial charge in [0.1, 0.15) is 6.33 Å². The molecule has 0 radical (unpaired) electrons. The zero-order chi connectivity index (χ0) is 17.3. The highest BCUT2D eigenvalue weighted by Crippen LogP contribution is 2.31. The third-order valence-corrected chi connectivity index (χ3v) is 6.77. The summed E-state index contributed by atoms with van der Waals surface area (Å²) in [5.74, 6) is 0.326. The maximum atomic E-state index is 12.4. The van der Waals surface area contributed by atoms with E-state index in [4.69, 9.17) is 0 Å². The van der Waals surface area contributed by atoms with Crippen molar-refractivity contribution >= 4 is 33.3 Å². The number of nitrogens with zero attached hydrogens (tertiary/aromatic N) is 4. The second kappa shape index (κ2) is 6.56. The molecule has 0 unspecified atom stereocenters. The Hall–Kier alpha value is -1.87. The van der Waals surface area contributed by atoms with Crippen LogP contribution in [-0.2, 0) is 23.5 Å². The minimum Gasteiger partial charge on any atom is -0.312 e. The largest absolute Gasteiger partial charge is 0.312 e. The Labute approximate surface area is 145 Å². The molecule has 3 rings (SSSR count). The van der Waals surface area contributed by atoms with Crippen LogP contribution < -0.4 is 4.31 Å². The number of hydrogen-bond donors (Lipinski definition) is 0. The van der Waals surface area contributed by atoms with E-state index in [0.717, 1.165) is 5.56 Å². The van der Waals surface area contributed by atoms with Crippen molar-refractivity contribution in [1.29, 1.82) is 0 Å². The fourth-order valence-corrected chi connectivity index (χ4v) is 4.55. The summed E-state index contributed by atoms with van der Waals surface area (Å²) in [6.07, 6.45) is 2.22. The molecule has 1 aromatic carbocycles. The Morgan fingerprint density at radius 3 is 2.83 bits per heavy atom. The van der Waals surface area contributed by atoms with Crippen molar-refractivity contribution in [1.82, 2.24) is 14.8 Å². The highest BCUT2D eigenvalue weighted by molar-refractivity contribution is 7.99. The molecule has 1 aliphatic heterocycles.